The van der Waals surface area contributed by atoms with Gasteiger partial charge in [-0.1, -0.05) is 12.8 Å². The van der Waals surface area contributed by atoms with Crippen molar-refractivity contribution in [1.29, 1.82) is 0 Å². The standard InChI is InChI=1S/C21H22N2O6/c1-11-15-8-12(6-7-16(15)22-19(11)26)17(24)10-29-18(25)9-23-20(27)13-4-2-3-5-14(13)21(23)28/h6-8,11,13-14H,2-5,9-10H2,1H3,(H,22,26)/t11-,13-,14-/m0/s1. The van der Waals surface area contributed by atoms with Gasteiger partial charge in [0.15, 0.2) is 12.4 Å². The van der Waals surface area contributed by atoms with E-state index in [1.54, 1.807) is 25.1 Å². The van der Waals surface area contributed by atoms with Gasteiger partial charge < -0.3 is 10.1 Å². The molecule has 1 aromatic rings. The summed E-state index contributed by atoms with van der Waals surface area (Å²) in [4.78, 5) is 62.0. The van der Waals surface area contributed by atoms with Crippen LogP contribution in [0.1, 0.15) is 54.4 Å². The van der Waals surface area contributed by atoms with E-state index < -0.39 is 24.9 Å². The van der Waals surface area contributed by atoms with Crippen molar-refractivity contribution >= 4 is 35.2 Å². The molecule has 1 saturated carbocycles. The highest BCUT2D eigenvalue weighted by Gasteiger charge is 2.48. The molecule has 2 aliphatic heterocycles. The average molecular weight is 398 g/mol. The number of amides is 3. The number of ketones is 1. The first-order valence-electron chi connectivity index (χ1n) is 9.85. The number of anilines is 1. The van der Waals surface area contributed by atoms with Gasteiger partial charge in [-0.05, 0) is 43.5 Å². The van der Waals surface area contributed by atoms with Crippen LogP contribution in [0.3, 0.4) is 0 Å². The second-order valence-corrected chi connectivity index (χ2v) is 7.86. The lowest BCUT2D eigenvalue weighted by Gasteiger charge is -2.19. The third kappa shape index (κ3) is 3.43. The number of esters is 1. The van der Waals surface area contributed by atoms with Crippen molar-refractivity contribution in [3.05, 3.63) is 29.3 Å². The predicted octanol–water partition coefficient (Wildman–Crippen LogP) is 1.64. The molecule has 1 aliphatic carbocycles. The first-order chi connectivity index (χ1) is 13.9. The zero-order chi connectivity index (χ0) is 20.7. The second kappa shape index (κ2) is 7.42. The molecule has 0 unspecified atom stereocenters. The van der Waals surface area contributed by atoms with Gasteiger partial charge in [0, 0.05) is 11.3 Å². The Kier molecular flexibility index (Phi) is 4.94. The maximum atomic E-state index is 12.4. The Morgan fingerprint density at radius 1 is 1.10 bits per heavy atom. The van der Waals surface area contributed by atoms with Crippen molar-refractivity contribution in [2.45, 2.75) is 38.5 Å². The molecular formula is C21H22N2O6. The molecule has 2 heterocycles. The molecule has 2 fully saturated rings. The zero-order valence-electron chi connectivity index (χ0n) is 16.1. The Morgan fingerprint density at radius 3 is 2.41 bits per heavy atom. The van der Waals surface area contributed by atoms with Crippen LogP contribution < -0.4 is 5.32 Å². The van der Waals surface area contributed by atoms with Crippen molar-refractivity contribution < 1.29 is 28.7 Å². The van der Waals surface area contributed by atoms with Gasteiger partial charge in [0.1, 0.15) is 6.54 Å². The number of benzene rings is 1. The number of ether oxygens (including phenoxy) is 1. The number of rotatable bonds is 5. The number of hydrogen-bond acceptors (Lipinski definition) is 6. The van der Waals surface area contributed by atoms with Crippen LogP contribution in [-0.2, 0) is 23.9 Å². The van der Waals surface area contributed by atoms with Gasteiger partial charge in [0.25, 0.3) is 0 Å². The minimum Gasteiger partial charge on any atom is -0.456 e. The van der Waals surface area contributed by atoms with E-state index in [4.69, 9.17) is 4.74 Å². The number of nitrogens with zero attached hydrogens (tertiary/aromatic N) is 1. The Balaban J connectivity index is 1.34. The monoisotopic (exact) mass is 398 g/mol. The van der Waals surface area contributed by atoms with Gasteiger partial charge in [-0.15, -0.1) is 0 Å². The van der Waals surface area contributed by atoms with E-state index >= 15 is 0 Å². The van der Waals surface area contributed by atoms with Gasteiger partial charge in [0.2, 0.25) is 17.7 Å². The molecule has 4 rings (SSSR count). The number of imide groups is 1. The van der Waals surface area contributed by atoms with Crippen molar-refractivity contribution in [3.63, 3.8) is 0 Å². The highest BCUT2D eigenvalue weighted by Crippen LogP contribution is 2.38. The maximum absolute atomic E-state index is 12.4. The summed E-state index contributed by atoms with van der Waals surface area (Å²) >= 11 is 0. The summed E-state index contributed by atoms with van der Waals surface area (Å²) in [6.45, 7) is 0.797. The van der Waals surface area contributed by atoms with Crippen molar-refractivity contribution in [1.82, 2.24) is 4.90 Å². The number of nitrogens with one attached hydrogen (secondary N) is 1. The average Bonchev–Trinajstić information content (AvgIpc) is 3.14. The minimum atomic E-state index is -0.787. The van der Waals surface area contributed by atoms with E-state index in [2.05, 4.69) is 5.32 Å². The molecule has 3 amide bonds. The van der Waals surface area contributed by atoms with Crippen molar-refractivity contribution in [3.8, 4) is 0 Å². The minimum absolute atomic E-state index is 0.128. The van der Waals surface area contributed by atoms with Crippen LogP contribution in [0.5, 0.6) is 0 Å². The fourth-order valence-electron chi connectivity index (χ4n) is 4.38. The highest BCUT2D eigenvalue weighted by molar-refractivity contribution is 6.07. The molecule has 0 aromatic heterocycles. The molecule has 29 heavy (non-hydrogen) atoms. The molecule has 3 aliphatic rings. The summed E-state index contributed by atoms with van der Waals surface area (Å²) < 4.78 is 5.02. The van der Waals surface area contributed by atoms with Crippen molar-refractivity contribution in [2.75, 3.05) is 18.5 Å². The highest BCUT2D eigenvalue weighted by atomic mass is 16.5. The van der Waals surface area contributed by atoms with E-state index in [1.165, 1.54) is 0 Å². The van der Waals surface area contributed by atoms with E-state index in [1.807, 2.05) is 0 Å². The van der Waals surface area contributed by atoms with E-state index in [9.17, 15) is 24.0 Å². The van der Waals surface area contributed by atoms with E-state index in [0.29, 0.717) is 24.1 Å². The van der Waals surface area contributed by atoms with Crippen LogP contribution in [0.25, 0.3) is 0 Å². The second-order valence-electron chi connectivity index (χ2n) is 7.86. The smallest absolute Gasteiger partial charge is 0.326 e. The molecule has 1 N–H and O–H groups in total. The molecule has 1 aromatic carbocycles. The number of carbonyl (C=O) groups excluding carboxylic acids is 5. The van der Waals surface area contributed by atoms with Gasteiger partial charge in [-0.2, -0.15) is 0 Å². The number of Topliss-reactive ketones (excluding diaryl/α,β-unsaturated/α-hetero) is 1. The topological polar surface area (TPSA) is 110 Å². The number of hydrogen-bond donors (Lipinski definition) is 1. The Morgan fingerprint density at radius 2 is 1.76 bits per heavy atom. The van der Waals surface area contributed by atoms with Gasteiger partial charge >= 0.3 is 5.97 Å². The first-order valence-corrected chi connectivity index (χ1v) is 9.85. The maximum Gasteiger partial charge on any atom is 0.326 e. The van der Waals surface area contributed by atoms with Gasteiger partial charge in [-0.25, -0.2) is 0 Å². The van der Waals surface area contributed by atoms with Crippen LogP contribution in [0.4, 0.5) is 5.69 Å². The SMILES string of the molecule is C[C@@H]1C(=O)Nc2ccc(C(=O)COC(=O)CN3C(=O)[C@H]4CCCC[C@@H]4C3=O)cc21. The summed E-state index contributed by atoms with van der Waals surface area (Å²) in [5.41, 5.74) is 1.73. The molecule has 1 saturated heterocycles. The van der Waals surface area contributed by atoms with Crippen molar-refractivity contribution in [2.24, 2.45) is 11.8 Å². The molecule has 8 heteroatoms. The third-order valence-electron chi connectivity index (χ3n) is 6.08. The Hall–Kier alpha value is -3.03. The molecule has 152 valence electrons. The summed E-state index contributed by atoms with van der Waals surface area (Å²) in [6.07, 6.45) is 3.17. The number of carbonyl (C=O) groups is 5. The lowest BCUT2D eigenvalue weighted by atomic mass is 9.81. The molecule has 0 bridgehead atoms. The molecule has 0 spiro atoms. The summed E-state index contributed by atoms with van der Waals surface area (Å²) in [5.74, 6) is -2.95. The fourth-order valence-corrected chi connectivity index (χ4v) is 4.38. The van der Waals surface area contributed by atoms with E-state index in [0.717, 1.165) is 23.3 Å². The van der Waals surface area contributed by atoms with Crippen LogP contribution >= 0.6 is 0 Å². The zero-order valence-corrected chi connectivity index (χ0v) is 16.1. The summed E-state index contributed by atoms with van der Waals surface area (Å²) in [7, 11) is 0. The predicted molar refractivity (Wildman–Crippen MR) is 101 cm³/mol. The van der Waals surface area contributed by atoms with Crippen LogP contribution in [0.15, 0.2) is 18.2 Å². The fraction of sp³-hybridized carbons (Fsp3) is 0.476. The van der Waals surface area contributed by atoms with Gasteiger partial charge in [0.05, 0.1) is 17.8 Å². The van der Waals surface area contributed by atoms with E-state index in [-0.39, 0.29) is 35.5 Å². The van der Waals surface area contributed by atoms with Crippen LogP contribution in [-0.4, -0.2) is 47.5 Å². The normalized spacial score (nSPS) is 25.5. The quantitative estimate of drug-likeness (QED) is 0.459. The molecular weight excluding hydrogens is 376 g/mol. The number of likely N-dealkylation sites (tertiary alicyclic amines) is 1. The first kappa shape index (κ1) is 19.3. The van der Waals surface area contributed by atoms with Gasteiger partial charge in [-0.3, -0.25) is 28.9 Å². The lowest BCUT2D eigenvalue weighted by molar-refractivity contribution is -0.152. The Labute approximate surface area is 167 Å². The molecule has 3 atom stereocenters. The summed E-state index contributed by atoms with van der Waals surface area (Å²) in [5, 5.41) is 2.73. The molecule has 8 nitrogen and oxygen atoms in total. The van der Waals surface area contributed by atoms with Crippen LogP contribution in [0.2, 0.25) is 0 Å². The summed E-state index contributed by atoms with van der Waals surface area (Å²) in [6, 6.07) is 4.83. The third-order valence-corrected chi connectivity index (χ3v) is 6.08. The Bertz CT molecular complexity index is 900. The molecule has 0 radical (unpaired) electrons. The lowest BCUT2D eigenvalue weighted by Crippen LogP contribution is -2.37. The largest absolute Gasteiger partial charge is 0.456 e. The van der Waals surface area contributed by atoms with Crippen LogP contribution in [0, 0.1) is 11.8 Å². The number of fused-ring (bicyclic) bond motifs is 2.